The van der Waals surface area contributed by atoms with Crippen LogP contribution in [0, 0.1) is 11.8 Å². The van der Waals surface area contributed by atoms with Gasteiger partial charge in [-0.1, -0.05) is 29.3 Å². The van der Waals surface area contributed by atoms with Crippen LogP contribution in [0.2, 0.25) is 10.0 Å². The second-order valence-electron chi connectivity index (χ2n) is 5.70. The van der Waals surface area contributed by atoms with Crippen molar-refractivity contribution >= 4 is 40.7 Å². The van der Waals surface area contributed by atoms with Crippen molar-refractivity contribution in [2.75, 3.05) is 11.9 Å². The lowest BCUT2D eigenvalue weighted by Crippen LogP contribution is -2.35. The number of hydrogen-bond acceptors (Lipinski definition) is 2. The summed E-state index contributed by atoms with van der Waals surface area (Å²) >= 11 is 11.8. The fourth-order valence-electron chi connectivity index (χ4n) is 2.75. The Bertz CT molecular complexity index is 596. The van der Waals surface area contributed by atoms with Crippen LogP contribution in [-0.4, -0.2) is 18.4 Å². The molecule has 0 radical (unpaired) electrons. The van der Waals surface area contributed by atoms with Gasteiger partial charge in [0.1, 0.15) is 0 Å². The third-order valence-electron chi connectivity index (χ3n) is 4.08. The minimum Gasteiger partial charge on any atom is -0.352 e. The van der Waals surface area contributed by atoms with E-state index in [0.29, 0.717) is 35.1 Å². The third-order valence-corrected chi connectivity index (χ3v) is 4.82. The topological polar surface area (TPSA) is 58.2 Å². The zero-order chi connectivity index (χ0) is 16.8. The highest BCUT2D eigenvalue weighted by Gasteiger charge is 2.29. The Morgan fingerprint density at radius 3 is 2.26 bits per heavy atom. The summed E-state index contributed by atoms with van der Waals surface area (Å²) in [5.74, 6) is -0.0709. The summed E-state index contributed by atoms with van der Waals surface area (Å²) in [4.78, 5) is 24.2. The monoisotopic (exact) mass is 354 g/mol. The molecule has 0 atom stereocenters. The quantitative estimate of drug-likeness (QED) is 0.783. The minimum absolute atomic E-state index is 0.0102. The molecule has 1 aliphatic rings. The predicted molar refractivity (Wildman–Crippen MR) is 93.7 cm³/mol. The first-order valence-electron chi connectivity index (χ1n) is 7.65. The summed E-state index contributed by atoms with van der Waals surface area (Å²) in [7, 11) is 0. The molecule has 0 unspecified atom stereocenters. The first-order chi connectivity index (χ1) is 11.0. The van der Waals surface area contributed by atoms with Crippen molar-refractivity contribution in [3.05, 3.63) is 40.9 Å². The maximum absolute atomic E-state index is 12.3. The van der Waals surface area contributed by atoms with E-state index in [1.54, 1.807) is 24.3 Å². The van der Waals surface area contributed by atoms with E-state index in [0.717, 1.165) is 12.8 Å². The molecule has 23 heavy (non-hydrogen) atoms. The molecule has 6 heteroatoms. The molecule has 1 fully saturated rings. The third kappa shape index (κ3) is 4.98. The predicted octanol–water partition coefficient (Wildman–Crippen LogP) is 4.04. The Hall–Kier alpha value is -1.52. The Morgan fingerprint density at radius 2 is 1.70 bits per heavy atom. The molecule has 0 heterocycles. The van der Waals surface area contributed by atoms with Crippen molar-refractivity contribution in [2.24, 2.45) is 11.8 Å². The van der Waals surface area contributed by atoms with Crippen LogP contribution in [0.3, 0.4) is 0 Å². The number of rotatable bonds is 5. The van der Waals surface area contributed by atoms with Crippen molar-refractivity contribution in [3.63, 3.8) is 0 Å². The van der Waals surface area contributed by atoms with E-state index in [9.17, 15) is 9.59 Å². The lowest BCUT2D eigenvalue weighted by Gasteiger charge is -2.27. The first kappa shape index (κ1) is 17.8. The van der Waals surface area contributed by atoms with Crippen LogP contribution < -0.4 is 10.6 Å². The van der Waals surface area contributed by atoms with Crippen molar-refractivity contribution in [1.29, 1.82) is 0 Å². The normalized spacial score (nSPS) is 20.6. The summed E-state index contributed by atoms with van der Waals surface area (Å²) in [6, 6.07) is 5.01. The number of carbonyl (C=O) groups excluding carboxylic acids is 2. The van der Waals surface area contributed by atoms with E-state index in [4.69, 9.17) is 23.2 Å². The number of halogens is 2. The lowest BCUT2D eigenvalue weighted by atomic mass is 9.81. The zero-order valence-corrected chi connectivity index (χ0v) is 14.3. The lowest BCUT2D eigenvalue weighted by molar-refractivity contribution is -0.128. The summed E-state index contributed by atoms with van der Waals surface area (Å²) in [5, 5.41) is 6.54. The highest BCUT2D eigenvalue weighted by molar-refractivity contribution is 6.42. The van der Waals surface area contributed by atoms with E-state index in [1.165, 1.54) is 0 Å². The molecule has 1 aromatic carbocycles. The van der Waals surface area contributed by atoms with Gasteiger partial charge < -0.3 is 10.6 Å². The number of benzene rings is 1. The van der Waals surface area contributed by atoms with Crippen LogP contribution >= 0.6 is 23.2 Å². The molecular formula is C17H20Cl2N2O2. The van der Waals surface area contributed by atoms with Gasteiger partial charge in [-0.05, 0) is 43.9 Å². The molecule has 4 nitrogen and oxygen atoms in total. The van der Waals surface area contributed by atoms with Crippen molar-refractivity contribution in [3.8, 4) is 0 Å². The van der Waals surface area contributed by atoms with Gasteiger partial charge in [0.25, 0.3) is 0 Å². The van der Waals surface area contributed by atoms with Crippen LogP contribution in [0.4, 0.5) is 5.69 Å². The van der Waals surface area contributed by atoms with Crippen LogP contribution in [0.5, 0.6) is 0 Å². The van der Waals surface area contributed by atoms with E-state index in [1.807, 2.05) is 0 Å². The van der Waals surface area contributed by atoms with Gasteiger partial charge in [0.2, 0.25) is 11.8 Å². The van der Waals surface area contributed by atoms with E-state index < -0.39 is 0 Å². The molecule has 1 aromatic rings. The highest BCUT2D eigenvalue weighted by Crippen LogP contribution is 2.31. The van der Waals surface area contributed by atoms with E-state index >= 15 is 0 Å². The second-order valence-corrected chi connectivity index (χ2v) is 6.51. The molecule has 2 N–H and O–H groups in total. The highest BCUT2D eigenvalue weighted by atomic mass is 35.5. The first-order valence-corrected chi connectivity index (χ1v) is 8.41. The summed E-state index contributed by atoms with van der Waals surface area (Å²) < 4.78 is 0. The molecule has 0 bridgehead atoms. The van der Waals surface area contributed by atoms with E-state index in [-0.39, 0.29) is 23.7 Å². The molecule has 2 rings (SSSR count). The van der Waals surface area contributed by atoms with Crippen molar-refractivity contribution in [2.45, 2.75) is 25.7 Å². The van der Waals surface area contributed by atoms with Gasteiger partial charge in [-0.2, -0.15) is 0 Å². The van der Waals surface area contributed by atoms with Crippen molar-refractivity contribution < 1.29 is 9.59 Å². The van der Waals surface area contributed by atoms with Crippen LogP contribution in [0.1, 0.15) is 25.7 Å². The number of amides is 2. The van der Waals surface area contributed by atoms with Crippen LogP contribution in [0.15, 0.2) is 30.9 Å². The maximum Gasteiger partial charge on any atom is 0.227 e. The Morgan fingerprint density at radius 1 is 1.09 bits per heavy atom. The minimum atomic E-state index is -0.0760. The molecular weight excluding hydrogens is 335 g/mol. The summed E-state index contributed by atoms with van der Waals surface area (Å²) in [5.41, 5.74) is 0.634. The molecule has 0 aliphatic heterocycles. The number of hydrogen-bond donors (Lipinski definition) is 2. The molecule has 1 aliphatic carbocycles. The second kappa shape index (κ2) is 8.37. The Kier molecular flexibility index (Phi) is 6.48. The van der Waals surface area contributed by atoms with Crippen molar-refractivity contribution in [1.82, 2.24) is 5.32 Å². The number of nitrogens with one attached hydrogen (secondary N) is 2. The molecule has 0 aromatic heterocycles. The van der Waals surface area contributed by atoms with Crippen LogP contribution in [-0.2, 0) is 9.59 Å². The van der Waals surface area contributed by atoms with E-state index in [2.05, 4.69) is 17.2 Å². The zero-order valence-electron chi connectivity index (χ0n) is 12.8. The molecule has 0 saturated heterocycles. The van der Waals surface area contributed by atoms with Gasteiger partial charge >= 0.3 is 0 Å². The number of anilines is 1. The SMILES string of the molecule is C=CCNC(=O)C1CCC(C(=O)Nc2ccc(Cl)c(Cl)c2)CC1. The number of carbonyl (C=O) groups is 2. The Balaban J connectivity index is 1.84. The van der Waals surface area contributed by atoms with Gasteiger partial charge in [0.15, 0.2) is 0 Å². The smallest absolute Gasteiger partial charge is 0.227 e. The Labute approximate surface area is 146 Å². The summed E-state index contributed by atoms with van der Waals surface area (Å²) in [6.45, 7) is 4.06. The van der Waals surface area contributed by atoms with Crippen LogP contribution in [0.25, 0.3) is 0 Å². The van der Waals surface area contributed by atoms with Gasteiger partial charge in [-0.25, -0.2) is 0 Å². The van der Waals surface area contributed by atoms with Gasteiger partial charge in [0, 0.05) is 24.1 Å². The average molecular weight is 355 g/mol. The molecule has 0 spiro atoms. The maximum atomic E-state index is 12.3. The molecule has 1 saturated carbocycles. The fourth-order valence-corrected chi connectivity index (χ4v) is 3.05. The molecule has 2 amide bonds. The van der Waals surface area contributed by atoms with Gasteiger partial charge in [0.05, 0.1) is 10.0 Å². The van der Waals surface area contributed by atoms with Gasteiger partial charge in [-0.3, -0.25) is 9.59 Å². The summed E-state index contributed by atoms with van der Waals surface area (Å²) in [6.07, 6.45) is 4.53. The largest absolute Gasteiger partial charge is 0.352 e. The average Bonchev–Trinajstić information content (AvgIpc) is 2.56. The standard InChI is InChI=1S/C17H20Cl2N2O2/c1-2-9-20-16(22)11-3-5-12(6-4-11)17(23)21-13-7-8-14(18)15(19)10-13/h2,7-8,10-12H,1,3-6,9H2,(H,20,22)(H,21,23). The molecule has 124 valence electrons. The van der Waals surface area contributed by atoms with Gasteiger partial charge in [-0.15, -0.1) is 6.58 Å². The fraction of sp³-hybridized carbons (Fsp3) is 0.412.